The fourth-order valence-electron chi connectivity index (χ4n) is 1.50. The zero-order valence-electron chi connectivity index (χ0n) is 9.07. The van der Waals surface area contributed by atoms with Crippen LogP contribution in [-0.4, -0.2) is 33.7 Å². The lowest BCUT2D eigenvalue weighted by atomic mass is 10.2. The number of fused-ring (bicyclic) bond motifs is 1. The third-order valence-corrected chi connectivity index (χ3v) is 2.38. The molecule has 0 spiro atoms. The van der Waals surface area contributed by atoms with Crippen LogP contribution < -0.4 is 11.1 Å². The van der Waals surface area contributed by atoms with Crippen molar-refractivity contribution in [3.8, 4) is 0 Å². The van der Waals surface area contributed by atoms with Gasteiger partial charge < -0.3 is 21.1 Å². The van der Waals surface area contributed by atoms with E-state index >= 15 is 0 Å². The van der Waals surface area contributed by atoms with Crippen molar-refractivity contribution in [1.82, 2.24) is 15.0 Å². The predicted molar refractivity (Wildman–Crippen MR) is 62.1 cm³/mol. The standard InChI is InChI=1S/C10H15N5O/c1-12-8-3-2-6-9(14-8)15-10(13-6)7(16)4-5-11/h2-3,7,16H,4-5,11H2,1H3,(H2,12,13,14,15). The zero-order chi connectivity index (χ0) is 11.5. The van der Waals surface area contributed by atoms with Crippen LogP contribution in [0.5, 0.6) is 0 Å². The SMILES string of the molecule is CNc1ccc2[nH]c(C(O)CCN)nc2n1. The smallest absolute Gasteiger partial charge is 0.179 e. The molecule has 6 nitrogen and oxygen atoms in total. The number of nitrogens with one attached hydrogen (secondary N) is 2. The van der Waals surface area contributed by atoms with Gasteiger partial charge in [0.25, 0.3) is 0 Å². The molecular weight excluding hydrogens is 206 g/mol. The highest BCUT2D eigenvalue weighted by Crippen LogP contribution is 2.18. The number of hydrogen-bond acceptors (Lipinski definition) is 5. The molecule has 2 rings (SSSR count). The second kappa shape index (κ2) is 4.46. The van der Waals surface area contributed by atoms with Crippen LogP contribution in [0.15, 0.2) is 12.1 Å². The number of hydrogen-bond donors (Lipinski definition) is 4. The molecule has 86 valence electrons. The molecule has 0 amide bonds. The van der Waals surface area contributed by atoms with Gasteiger partial charge in [0.1, 0.15) is 17.7 Å². The molecule has 0 aliphatic rings. The Balaban J connectivity index is 2.35. The summed E-state index contributed by atoms with van der Waals surface area (Å²) in [6.07, 6.45) is -0.171. The summed E-state index contributed by atoms with van der Waals surface area (Å²) in [5.74, 6) is 1.26. The minimum absolute atomic E-state index is 0.424. The number of aromatic amines is 1. The first kappa shape index (κ1) is 10.8. The average molecular weight is 221 g/mol. The Morgan fingerprint density at radius 3 is 3.00 bits per heavy atom. The van der Waals surface area contributed by atoms with Crippen LogP contribution in [0.4, 0.5) is 5.82 Å². The van der Waals surface area contributed by atoms with E-state index in [1.165, 1.54) is 0 Å². The topological polar surface area (TPSA) is 99.8 Å². The molecule has 16 heavy (non-hydrogen) atoms. The van der Waals surface area contributed by atoms with Gasteiger partial charge in [0, 0.05) is 7.05 Å². The number of rotatable bonds is 4. The summed E-state index contributed by atoms with van der Waals surface area (Å²) < 4.78 is 0. The molecule has 0 radical (unpaired) electrons. The summed E-state index contributed by atoms with van der Waals surface area (Å²) in [6, 6.07) is 3.72. The van der Waals surface area contributed by atoms with Crippen molar-refractivity contribution in [2.45, 2.75) is 12.5 Å². The minimum Gasteiger partial charge on any atom is -0.385 e. The molecule has 1 atom stereocenters. The highest BCUT2D eigenvalue weighted by Gasteiger charge is 2.12. The average Bonchev–Trinajstić information content (AvgIpc) is 2.71. The molecular formula is C10H15N5O. The van der Waals surface area contributed by atoms with Crippen molar-refractivity contribution >= 4 is 17.0 Å². The Bertz CT molecular complexity index is 481. The molecule has 0 fully saturated rings. The van der Waals surface area contributed by atoms with Gasteiger partial charge >= 0.3 is 0 Å². The van der Waals surface area contributed by atoms with Crippen LogP contribution in [0.25, 0.3) is 11.2 Å². The van der Waals surface area contributed by atoms with Crippen LogP contribution in [-0.2, 0) is 0 Å². The molecule has 2 heterocycles. The number of aromatic nitrogens is 3. The molecule has 6 heteroatoms. The number of pyridine rings is 1. The van der Waals surface area contributed by atoms with Crippen molar-refractivity contribution in [3.05, 3.63) is 18.0 Å². The largest absolute Gasteiger partial charge is 0.385 e. The summed E-state index contributed by atoms with van der Waals surface area (Å²) >= 11 is 0. The van der Waals surface area contributed by atoms with Crippen molar-refractivity contribution in [2.24, 2.45) is 5.73 Å². The highest BCUT2D eigenvalue weighted by atomic mass is 16.3. The van der Waals surface area contributed by atoms with E-state index in [9.17, 15) is 5.11 Å². The Morgan fingerprint density at radius 2 is 2.31 bits per heavy atom. The zero-order valence-corrected chi connectivity index (χ0v) is 9.07. The number of aliphatic hydroxyl groups is 1. The van der Waals surface area contributed by atoms with Gasteiger partial charge in [0.2, 0.25) is 0 Å². The Labute approximate surface area is 92.9 Å². The second-order valence-corrected chi connectivity index (χ2v) is 3.53. The van der Waals surface area contributed by atoms with Gasteiger partial charge in [-0.15, -0.1) is 0 Å². The van der Waals surface area contributed by atoms with E-state index in [0.717, 1.165) is 11.3 Å². The number of H-pyrrole nitrogens is 1. The molecule has 0 bridgehead atoms. The maximum Gasteiger partial charge on any atom is 0.179 e. The van der Waals surface area contributed by atoms with Crippen molar-refractivity contribution in [1.29, 1.82) is 0 Å². The lowest BCUT2D eigenvalue weighted by molar-refractivity contribution is 0.162. The van der Waals surface area contributed by atoms with E-state index in [-0.39, 0.29) is 0 Å². The van der Waals surface area contributed by atoms with Crippen LogP contribution in [0.1, 0.15) is 18.3 Å². The minimum atomic E-state index is -0.655. The summed E-state index contributed by atoms with van der Waals surface area (Å²) in [4.78, 5) is 11.5. The van der Waals surface area contributed by atoms with E-state index in [2.05, 4.69) is 20.3 Å². The first-order valence-corrected chi connectivity index (χ1v) is 5.17. The molecule has 0 saturated heterocycles. The van der Waals surface area contributed by atoms with Crippen LogP contribution in [0.3, 0.4) is 0 Å². The van der Waals surface area contributed by atoms with E-state index in [0.29, 0.717) is 24.4 Å². The van der Waals surface area contributed by atoms with Crippen molar-refractivity contribution < 1.29 is 5.11 Å². The maximum absolute atomic E-state index is 9.73. The summed E-state index contributed by atoms with van der Waals surface area (Å²) in [5, 5.41) is 12.7. The van der Waals surface area contributed by atoms with E-state index in [4.69, 9.17) is 5.73 Å². The summed E-state index contributed by atoms with van der Waals surface area (Å²) in [7, 11) is 1.80. The summed E-state index contributed by atoms with van der Waals surface area (Å²) in [5.41, 5.74) is 6.78. The molecule has 0 saturated carbocycles. The van der Waals surface area contributed by atoms with Crippen LogP contribution in [0, 0.1) is 0 Å². The number of nitrogens with zero attached hydrogens (tertiary/aromatic N) is 2. The quantitative estimate of drug-likeness (QED) is 0.598. The normalized spacial score (nSPS) is 12.9. The van der Waals surface area contributed by atoms with Gasteiger partial charge in [-0.1, -0.05) is 0 Å². The second-order valence-electron chi connectivity index (χ2n) is 3.53. The molecule has 2 aromatic rings. The third-order valence-electron chi connectivity index (χ3n) is 2.38. The van der Waals surface area contributed by atoms with E-state index < -0.39 is 6.10 Å². The lowest BCUT2D eigenvalue weighted by Gasteiger charge is -2.03. The Hall–Kier alpha value is -1.66. The molecule has 0 aliphatic carbocycles. The monoisotopic (exact) mass is 221 g/mol. The Kier molecular flexibility index (Phi) is 3.02. The number of nitrogens with two attached hydrogens (primary N) is 1. The molecule has 0 aliphatic heterocycles. The third kappa shape index (κ3) is 1.98. The van der Waals surface area contributed by atoms with Crippen LogP contribution >= 0.6 is 0 Å². The van der Waals surface area contributed by atoms with Crippen molar-refractivity contribution in [2.75, 3.05) is 18.9 Å². The van der Waals surface area contributed by atoms with Gasteiger partial charge in [-0.3, -0.25) is 0 Å². The fourth-order valence-corrected chi connectivity index (χ4v) is 1.50. The fraction of sp³-hybridized carbons (Fsp3) is 0.400. The molecule has 5 N–H and O–H groups in total. The van der Waals surface area contributed by atoms with Gasteiger partial charge in [-0.2, -0.15) is 0 Å². The number of imidazole rings is 1. The summed E-state index contributed by atoms with van der Waals surface area (Å²) in [6.45, 7) is 0.424. The van der Waals surface area contributed by atoms with Crippen LogP contribution in [0.2, 0.25) is 0 Å². The number of aliphatic hydroxyl groups excluding tert-OH is 1. The van der Waals surface area contributed by atoms with Gasteiger partial charge in [0.15, 0.2) is 5.65 Å². The van der Waals surface area contributed by atoms with Gasteiger partial charge in [-0.25, -0.2) is 9.97 Å². The lowest BCUT2D eigenvalue weighted by Crippen LogP contribution is -2.07. The van der Waals surface area contributed by atoms with Crippen molar-refractivity contribution in [3.63, 3.8) is 0 Å². The predicted octanol–water partition coefficient (Wildman–Crippen LogP) is 0.382. The molecule has 0 aromatic carbocycles. The molecule has 2 aromatic heterocycles. The highest BCUT2D eigenvalue weighted by molar-refractivity contribution is 5.72. The first-order chi connectivity index (χ1) is 7.74. The first-order valence-electron chi connectivity index (χ1n) is 5.17. The van der Waals surface area contributed by atoms with Gasteiger partial charge in [-0.05, 0) is 25.1 Å². The van der Waals surface area contributed by atoms with E-state index in [1.54, 1.807) is 7.05 Å². The molecule has 1 unspecified atom stereocenters. The number of anilines is 1. The Morgan fingerprint density at radius 1 is 1.50 bits per heavy atom. The maximum atomic E-state index is 9.73. The van der Waals surface area contributed by atoms with E-state index in [1.807, 2.05) is 12.1 Å². The van der Waals surface area contributed by atoms with Gasteiger partial charge in [0.05, 0.1) is 5.52 Å².